The number of nitrogens with zero attached hydrogens (tertiary/aromatic N) is 1. The Hall–Kier alpha value is -2.86. The Morgan fingerprint density at radius 1 is 1.03 bits per heavy atom. The van der Waals surface area contributed by atoms with E-state index in [1.807, 2.05) is 63.2 Å². The topological polar surface area (TPSA) is 64.6 Å². The predicted molar refractivity (Wildman–Crippen MR) is 130 cm³/mol. The summed E-state index contributed by atoms with van der Waals surface area (Å²) in [5.41, 5.74) is 3.71. The first kappa shape index (κ1) is 24.8. The van der Waals surface area contributed by atoms with Crippen LogP contribution in [0.25, 0.3) is 0 Å². The number of aryl methyl sites for hydroxylation is 2. The Balaban J connectivity index is 1.76. The average Bonchev–Trinajstić information content (AvgIpc) is 2.81. The van der Waals surface area contributed by atoms with E-state index in [-0.39, 0.29) is 31.1 Å². The van der Waals surface area contributed by atoms with Crippen molar-refractivity contribution in [3.63, 3.8) is 0 Å². The van der Waals surface area contributed by atoms with E-state index < -0.39 is 0 Å². The summed E-state index contributed by atoms with van der Waals surface area (Å²) in [4.78, 5) is 26.4. The van der Waals surface area contributed by atoms with Gasteiger partial charge in [0.15, 0.2) is 12.6 Å². The standard InChI is InChI=1S/C27H36N2O4/c1-5-24(27(31)28-26-20(2)16-23(32-4)17-21(26)3)29(14-10-7-11-15-29)18-25(30)33-19-22-12-8-6-9-13-22/h6,8-9,12-13,16-17,24H,5,7,10-11,14-15,18-19H2,1-4H3/p+1. The zero-order valence-corrected chi connectivity index (χ0v) is 20.4. The van der Waals surface area contributed by atoms with Crippen LogP contribution in [0.1, 0.15) is 49.3 Å². The highest BCUT2D eigenvalue weighted by Crippen LogP contribution is 2.29. The summed E-state index contributed by atoms with van der Waals surface area (Å²) in [5.74, 6) is 0.492. The van der Waals surface area contributed by atoms with Gasteiger partial charge in [-0.15, -0.1) is 0 Å². The first-order valence-electron chi connectivity index (χ1n) is 11.9. The van der Waals surface area contributed by atoms with Crippen LogP contribution in [0, 0.1) is 13.8 Å². The molecule has 0 radical (unpaired) electrons. The van der Waals surface area contributed by atoms with Crippen LogP contribution in [0.5, 0.6) is 5.75 Å². The molecule has 1 fully saturated rings. The monoisotopic (exact) mass is 453 g/mol. The Labute approximate surface area is 197 Å². The number of anilines is 1. The number of carbonyl (C=O) groups excluding carboxylic acids is 2. The van der Waals surface area contributed by atoms with Crippen molar-refractivity contribution in [3.8, 4) is 5.75 Å². The number of hydrogen-bond acceptors (Lipinski definition) is 4. The van der Waals surface area contributed by atoms with Gasteiger partial charge >= 0.3 is 5.97 Å². The molecule has 1 aliphatic heterocycles. The molecule has 6 heteroatoms. The minimum atomic E-state index is -0.310. The van der Waals surface area contributed by atoms with Crippen LogP contribution in [0.2, 0.25) is 0 Å². The molecule has 6 nitrogen and oxygen atoms in total. The van der Waals surface area contributed by atoms with Gasteiger partial charge in [0.1, 0.15) is 12.4 Å². The first-order valence-corrected chi connectivity index (χ1v) is 11.9. The van der Waals surface area contributed by atoms with Gasteiger partial charge in [0.2, 0.25) is 0 Å². The van der Waals surface area contributed by atoms with Crippen molar-refractivity contribution in [2.45, 2.75) is 59.1 Å². The van der Waals surface area contributed by atoms with E-state index >= 15 is 0 Å². The molecule has 0 spiro atoms. The molecule has 33 heavy (non-hydrogen) atoms. The normalized spacial score (nSPS) is 16.0. The lowest BCUT2D eigenvalue weighted by Crippen LogP contribution is -2.63. The molecule has 1 unspecified atom stereocenters. The lowest BCUT2D eigenvalue weighted by molar-refractivity contribution is -0.940. The fraction of sp³-hybridized carbons (Fsp3) is 0.481. The Morgan fingerprint density at radius 3 is 2.24 bits per heavy atom. The van der Waals surface area contributed by atoms with Gasteiger partial charge in [-0.2, -0.15) is 0 Å². The van der Waals surface area contributed by atoms with Crippen LogP contribution >= 0.6 is 0 Å². The molecule has 178 valence electrons. The van der Waals surface area contributed by atoms with E-state index in [0.29, 0.717) is 10.9 Å². The molecular formula is C27H37N2O4+. The van der Waals surface area contributed by atoms with E-state index in [9.17, 15) is 9.59 Å². The number of rotatable bonds is 9. The molecule has 0 aromatic heterocycles. The number of nitrogens with one attached hydrogen (secondary N) is 1. The summed E-state index contributed by atoms with van der Waals surface area (Å²) in [6.07, 6.45) is 3.81. The second-order valence-corrected chi connectivity index (χ2v) is 9.08. The first-order chi connectivity index (χ1) is 15.9. The SMILES string of the molecule is CCC(C(=O)Nc1c(C)cc(OC)cc1C)[N+]1(CC(=O)OCc2ccccc2)CCCCC1. The number of esters is 1. The summed E-state index contributed by atoms with van der Waals surface area (Å²) in [7, 11) is 1.64. The maximum atomic E-state index is 13.6. The van der Waals surface area contributed by atoms with Crippen molar-refractivity contribution in [2.75, 3.05) is 32.1 Å². The molecule has 2 aromatic rings. The number of methoxy groups -OCH3 is 1. The Kier molecular flexibility index (Phi) is 8.50. The Morgan fingerprint density at radius 2 is 1.67 bits per heavy atom. The molecule has 2 aromatic carbocycles. The van der Waals surface area contributed by atoms with Gasteiger partial charge in [-0.1, -0.05) is 37.3 Å². The van der Waals surface area contributed by atoms with Crippen molar-refractivity contribution >= 4 is 17.6 Å². The van der Waals surface area contributed by atoms with Crippen LogP contribution in [-0.2, 0) is 20.9 Å². The second kappa shape index (κ2) is 11.3. The smallest absolute Gasteiger partial charge is 0.362 e. The van der Waals surface area contributed by atoms with Crippen LogP contribution in [0.3, 0.4) is 0 Å². The van der Waals surface area contributed by atoms with Gasteiger partial charge < -0.3 is 19.3 Å². The zero-order valence-electron chi connectivity index (χ0n) is 20.4. The van der Waals surface area contributed by atoms with Crippen molar-refractivity contribution in [1.29, 1.82) is 0 Å². The number of quaternary nitrogens is 1. The highest BCUT2D eigenvalue weighted by molar-refractivity contribution is 5.95. The third-order valence-electron chi connectivity index (χ3n) is 6.73. The molecule has 1 amide bonds. The lowest BCUT2D eigenvalue weighted by Gasteiger charge is -2.45. The maximum absolute atomic E-state index is 13.6. The van der Waals surface area contributed by atoms with E-state index in [1.165, 1.54) is 0 Å². The van der Waals surface area contributed by atoms with E-state index in [0.717, 1.165) is 60.5 Å². The van der Waals surface area contributed by atoms with Gasteiger partial charge in [0, 0.05) is 12.1 Å². The molecule has 1 saturated heterocycles. The highest BCUT2D eigenvalue weighted by atomic mass is 16.5. The highest BCUT2D eigenvalue weighted by Gasteiger charge is 2.44. The molecular weight excluding hydrogens is 416 g/mol. The number of benzene rings is 2. The van der Waals surface area contributed by atoms with Gasteiger partial charge in [0.25, 0.3) is 5.91 Å². The molecule has 1 N–H and O–H groups in total. The molecule has 3 rings (SSSR count). The Bertz CT molecular complexity index is 929. The largest absolute Gasteiger partial charge is 0.497 e. The lowest BCUT2D eigenvalue weighted by atomic mass is 9.99. The number of hydrogen-bond donors (Lipinski definition) is 1. The van der Waals surface area contributed by atoms with Gasteiger partial charge in [-0.3, -0.25) is 4.79 Å². The maximum Gasteiger partial charge on any atom is 0.362 e. The summed E-state index contributed by atoms with van der Waals surface area (Å²) >= 11 is 0. The fourth-order valence-corrected chi connectivity index (χ4v) is 5.03. The summed E-state index contributed by atoms with van der Waals surface area (Å²) in [6, 6.07) is 13.2. The van der Waals surface area contributed by atoms with E-state index in [4.69, 9.17) is 9.47 Å². The molecule has 1 atom stereocenters. The summed E-state index contributed by atoms with van der Waals surface area (Å²) < 4.78 is 11.4. The molecule has 1 aliphatic rings. The molecule has 0 saturated carbocycles. The molecule has 1 heterocycles. The number of likely N-dealkylation sites (tertiary alicyclic amines) is 1. The van der Waals surface area contributed by atoms with Crippen molar-refractivity contribution < 1.29 is 23.5 Å². The van der Waals surface area contributed by atoms with Crippen molar-refractivity contribution in [2.24, 2.45) is 0 Å². The average molecular weight is 454 g/mol. The van der Waals surface area contributed by atoms with Crippen LogP contribution in [-0.4, -0.2) is 49.1 Å². The summed E-state index contributed by atoms with van der Waals surface area (Å²) in [6.45, 7) is 8.07. The van der Waals surface area contributed by atoms with Crippen molar-refractivity contribution in [1.82, 2.24) is 0 Å². The van der Waals surface area contributed by atoms with Crippen LogP contribution < -0.4 is 10.1 Å². The van der Waals surface area contributed by atoms with Crippen LogP contribution in [0.15, 0.2) is 42.5 Å². The number of ether oxygens (including phenoxy) is 2. The number of piperidine rings is 1. The van der Waals surface area contributed by atoms with E-state index in [1.54, 1.807) is 7.11 Å². The van der Waals surface area contributed by atoms with Crippen molar-refractivity contribution in [3.05, 3.63) is 59.2 Å². The molecule has 0 aliphatic carbocycles. The second-order valence-electron chi connectivity index (χ2n) is 9.08. The minimum Gasteiger partial charge on any atom is -0.497 e. The quantitative estimate of drug-likeness (QED) is 0.439. The van der Waals surface area contributed by atoms with Gasteiger partial charge in [-0.05, 0) is 61.9 Å². The number of amides is 1. The predicted octanol–water partition coefficient (Wildman–Crippen LogP) is 4.77. The summed E-state index contributed by atoms with van der Waals surface area (Å²) in [5, 5.41) is 3.17. The van der Waals surface area contributed by atoms with E-state index in [2.05, 4.69) is 5.32 Å². The zero-order chi connectivity index (χ0) is 23.8. The fourth-order valence-electron chi connectivity index (χ4n) is 5.03. The van der Waals surface area contributed by atoms with Gasteiger partial charge in [0.05, 0.1) is 20.2 Å². The van der Waals surface area contributed by atoms with Crippen LogP contribution in [0.4, 0.5) is 5.69 Å². The van der Waals surface area contributed by atoms with Gasteiger partial charge in [-0.25, -0.2) is 4.79 Å². The minimum absolute atomic E-state index is 0.0355. The molecule has 0 bridgehead atoms. The third kappa shape index (κ3) is 6.14. The third-order valence-corrected chi connectivity index (χ3v) is 6.73. The number of carbonyl (C=O) groups is 2.